The van der Waals surface area contributed by atoms with Crippen LogP contribution >= 0.6 is 0 Å². The number of hydrogen-bond acceptors (Lipinski definition) is 3. The van der Waals surface area contributed by atoms with Crippen LogP contribution in [0.5, 0.6) is 0 Å². The van der Waals surface area contributed by atoms with Crippen LogP contribution in [-0.4, -0.2) is 24.2 Å². The molecule has 0 bridgehead atoms. The summed E-state index contributed by atoms with van der Waals surface area (Å²) in [7, 11) is 1.22. The molecule has 0 radical (unpaired) electrons. The Balaban J connectivity index is 3.01. The molecule has 1 N–H and O–H groups in total. The average Bonchev–Trinajstić information content (AvgIpc) is 2.20. The maximum Gasteiger partial charge on any atom is 0.312 e. The second-order valence-electron chi connectivity index (χ2n) is 3.75. The molecule has 0 aromatic rings. The van der Waals surface area contributed by atoms with Crippen molar-refractivity contribution < 1.29 is 22.2 Å². The Labute approximate surface area is 86.1 Å². The summed E-state index contributed by atoms with van der Waals surface area (Å²) < 4.78 is 19.8. The lowest BCUT2D eigenvalue weighted by atomic mass is 9.67. The quantitative estimate of drug-likeness (QED) is 0.688. The normalized spacial score (nSPS) is 38.0. The molecule has 1 rings (SSSR count). The van der Waals surface area contributed by atoms with E-state index < -0.39 is 29.6 Å². The number of hydrogen-bond donors (Lipinski definition) is 1. The van der Waals surface area contributed by atoms with E-state index in [0.717, 1.165) is 0 Å². The Morgan fingerprint density at radius 2 is 2.29 bits per heavy atom. The second kappa shape index (κ2) is 3.98. The van der Waals surface area contributed by atoms with Crippen LogP contribution in [0, 0.1) is 11.3 Å². The largest absolute Gasteiger partial charge is 0.481 e. The van der Waals surface area contributed by atoms with Crippen LogP contribution in [0.25, 0.3) is 0 Å². The van der Waals surface area contributed by atoms with E-state index in [4.69, 9.17) is 7.85 Å². The predicted molar refractivity (Wildman–Crippen MR) is 49.7 cm³/mol. The summed E-state index contributed by atoms with van der Waals surface area (Å²) >= 11 is 0. The zero-order chi connectivity index (χ0) is 12.6. The molecule has 2 atom stereocenters. The van der Waals surface area contributed by atoms with Gasteiger partial charge in [0.2, 0.25) is 0 Å². The third kappa shape index (κ3) is 1.74. The lowest BCUT2D eigenvalue weighted by Crippen LogP contribution is -2.43. The van der Waals surface area contributed by atoms with Crippen LogP contribution in [0.2, 0.25) is 0 Å². The molecule has 0 aromatic carbocycles. The number of carbonyl (C=O) groups excluding carboxylic acids is 1. The summed E-state index contributed by atoms with van der Waals surface area (Å²) in [6.07, 6.45) is -1.28. The zero-order valence-electron chi connectivity index (χ0n) is 10.4. The van der Waals surface area contributed by atoms with Gasteiger partial charge in [-0.05, 0) is 19.8 Å². The zero-order valence-corrected chi connectivity index (χ0v) is 8.37. The molecule has 0 amide bonds. The van der Waals surface area contributed by atoms with Gasteiger partial charge >= 0.3 is 11.9 Å². The lowest BCUT2D eigenvalue weighted by molar-refractivity contribution is -0.166. The van der Waals surface area contributed by atoms with Crippen LogP contribution < -0.4 is 0 Å². The summed E-state index contributed by atoms with van der Waals surface area (Å²) in [5.74, 6) is -2.74. The smallest absolute Gasteiger partial charge is 0.312 e. The Bertz CT molecular complexity index is 316. The first-order valence-corrected chi connectivity index (χ1v) is 4.54. The Hall–Kier alpha value is -1.06. The molecule has 1 fully saturated rings. The molecule has 1 aliphatic rings. The highest BCUT2D eigenvalue weighted by Gasteiger charge is 2.47. The fourth-order valence-electron chi connectivity index (χ4n) is 1.83. The third-order valence-electron chi connectivity index (χ3n) is 2.89. The molecule has 0 spiro atoms. The van der Waals surface area contributed by atoms with Gasteiger partial charge in [0.1, 0.15) is 0 Å². The van der Waals surface area contributed by atoms with E-state index in [9.17, 15) is 9.59 Å². The molecule has 0 aromatic heterocycles. The summed E-state index contributed by atoms with van der Waals surface area (Å²) in [6, 6.07) is 0. The van der Waals surface area contributed by atoms with Gasteiger partial charge in [0, 0.05) is 2.74 Å². The van der Waals surface area contributed by atoms with Crippen molar-refractivity contribution in [3.05, 3.63) is 0 Å². The van der Waals surface area contributed by atoms with Crippen LogP contribution in [0.15, 0.2) is 0 Å². The van der Waals surface area contributed by atoms with Gasteiger partial charge in [0.25, 0.3) is 0 Å². The Morgan fingerprint density at radius 1 is 1.64 bits per heavy atom. The molecule has 14 heavy (non-hydrogen) atoms. The molecule has 4 heteroatoms. The van der Waals surface area contributed by atoms with E-state index in [-0.39, 0.29) is 19.3 Å². The highest BCUT2D eigenvalue weighted by molar-refractivity contribution is 5.84. The molecule has 80 valence electrons. The highest BCUT2D eigenvalue weighted by atomic mass is 16.5. The molecule has 0 aliphatic heterocycles. The van der Waals surface area contributed by atoms with Crippen LogP contribution in [0.3, 0.4) is 0 Å². The number of carbonyl (C=O) groups is 2. The van der Waals surface area contributed by atoms with E-state index in [1.807, 2.05) is 0 Å². The van der Waals surface area contributed by atoms with Crippen LogP contribution in [0.4, 0.5) is 0 Å². The standard InChI is InChI=1S/C10H16O4/c1-10(9(13)14-2)6-4-3-5-7(10)8(11)12/h7H,3-6H2,1-2H3,(H,11,12)/t7-,10-/m0/s1/i3D2. The van der Waals surface area contributed by atoms with Gasteiger partial charge in [-0.3, -0.25) is 9.59 Å². The number of rotatable bonds is 2. The summed E-state index contributed by atoms with van der Waals surface area (Å²) in [5, 5.41) is 9.08. The molecular weight excluding hydrogens is 184 g/mol. The number of esters is 1. The maximum absolute atomic E-state index is 11.6. The molecule has 0 unspecified atom stereocenters. The predicted octanol–water partition coefficient (Wildman–Crippen LogP) is 1.44. The first kappa shape index (κ1) is 8.26. The summed E-state index contributed by atoms with van der Waals surface area (Å²) in [5.41, 5.74) is -1.12. The topological polar surface area (TPSA) is 63.6 Å². The van der Waals surface area contributed by atoms with Crippen molar-refractivity contribution in [2.75, 3.05) is 7.11 Å². The maximum atomic E-state index is 11.6. The lowest BCUT2D eigenvalue weighted by Gasteiger charge is -2.36. The minimum Gasteiger partial charge on any atom is -0.481 e. The monoisotopic (exact) mass is 202 g/mol. The Morgan fingerprint density at radius 3 is 2.79 bits per heavy atom. The van der Waals surface area contributed by atoms with Crippen molar-refractivity contribution in [3.63, 3.8) is 0 Å². The van der Waals surface area contributed by atoms with Gasteiger partial charge in [-0.2, -0.15) is 0 Å². The number of ether oxygens (including phenoxy) is 1. The van der Waals surface area contributed by atoms with Gasteiger partial charge in [0.15, 0.2) is 0 Å². The first-order chi connectivity index (χ1) is 7.23. The number of aliphatic carboxylic acids is 1. The summed E-state index contributed by atoms with van der Waals surface area (Å²) in [6.45, 7) is 1.53. The van der Waals surface area contributed by atoms with E-state index in [1.165, 1.54) is 14.0 Å². The van der Waals surface area contributed by atoms with Gasteiger partial charge < -0.3 is 9.84 Å². The van der Waals surface area contributed by atoms with E-state index in [0.29, 0.717) is 0 Å². The van der Waals surface area contributed by atoms with E-state index >= 15 is 0 Å². The van der Waals surface area contributed by atoms with Crippen molar-refractivity contribution in [1.82, 2.24) is 0 Å². The minimum absolute atomic E-state index is 0.145. The van der Waals surface area contributed by atoms with Gasteiger partial charge in [-0.15, -0.1) is 0 Å². The van der Waals surface area contributed by atoms with Gasteiger partial charge in [-0.25, -0.2) is 0 Å². The van der Waals surface area contributed by atoms with Crippen molar-refractivity contribution >= 4 is 11.9 Å². The number of carboxylic acids is 1. The average molecular weight is 202 g/mol. The number of carboxylic acid groups (broad SMARTS) is 1. The highest BCUT2D eigenvalue weighted by Crippen LogP contribution is 2.42. The number of methoxy groups -OCH3 is 1. The molecule has 1 saturated carbocycles. The molecule has 0 saturated heterocycles. The first-order valence-electron chi connectivity index (χ1n) is 5.54. The molecule has 4 nitrogen and oxygen atoms in total. The molecule has 1 aliphatic carbocycles. The second-order valence-corrected chi connectivity index (χ2v) is 3.75. The van der Waals surface area contributed by atoms with Crippen molar-refractivity contribution in [2.24, 2.45) is 11.3 Å². The fraction of sp³-hybridized carbons (Fsp3) is 0.800. The molecule has 0 heterocycles. The van der Waals surface area contributed by atoms with Crippen LogP contribution in [0.1, 0.15) is 35.3 Å². The minimum atomic E-state index is -1.52. The van der Waals surface area contributed by atoms with E-state index in [2.05, 4.69) is 4.74 Å². The van der Waals surface area contributed by atoms with Crippen molar-refractivity contribution in [2.45, 2.75) is 32.6 Å². The van der Waals surface area contributed by atoms with Crippen molar-refractivity contribution in [3.8, 4) is 0 Å². The molecular formula is C10H16O4. The van der Waals surface area contributed by atoms with Crippen molar-refractivity contribution in [1.29, 1.82) is 0 Å². The third-order valence-corrected chi connectivity index (χ3v) is 2.89. The Kier molecular flexibility index (Phi) is 2.35. The van der Waals surface area contributed by atoms with Gasteiger partial charge in [-0.1, -0.05) is 12.8 Å². The van der Waals surface area contributed by atoms with Gasteiger partial charge in [0.05, 0.1) is 18.4 Å². The summed E-state index contributed by atoms with van der Waals surface area (Å²) in [4.78, 5) is 22.7. The SMILES string of the molecule is [2H]C1([2H])CC[C@](C)(C(=O)OC)[C@H](C(=O)O)C1. The van der Waals surface area contributed by atoms with Crippen LogP contribution in [-0.2, 0) is 14.3 Å². The fourth-order valence-corrected chi connectivity index (χ4v) is 1.83. The van der Waals surface area contributed by atoms with E-state index in [1.54, 1.807) is 0 Å².